The summed E-state index contributed by atoms with van der Waals surface area (Å²) in [6, 6.07) is 36.1. The Morgan fingerprint density at radius 3 is 1.38 bits per heavy atom. The molecule has 0 atom stereocenters. The van der Waals surface area contributed by atoms with E-state index in [0.29, 0.717) is 12.8 Å². The van der Waals surface area contributed by atoms with E-state index < -0.39 is 11.9 Å². The first kappa shape index (κ1) is 32.4. The van der Waals surface area contributed by atoms with E-state index in [-0.39, 0.29) is 12.8 Å². The third-order valence-electron chi connectivity index (χ3n) is 7.98. The normalized spacial score (nSPS) is 11.3. The zero-order chi connectivity index (χ0) is 33.2. The van der Waals surface area contributed by atoms with Gasteiger partial charge in [0.15, 0.2) is 0 Å². The van der Waals surface area contributed by atoms with Gasteiger partial charge in [-0.05, 0) is 90.6 Å². The first-order chi connectivity index (χ1) is 23.3. The Labute approximate surface area is 298 Å². The van der Waals surface area contributed by atoms with Crippen molar-refractivity contribution in [3.8, 4) is 59.9 Å². The summed E-state index contributed by atoms with van der Waals surface area (Å²) in [7, 11) is 0. The van der Waals surface area contributed by atoms with Crippen molar-refractivity contribution in [1.82, 2.24) is 0 Å². The van der Waals surface area contributed by atoms with E-state index in [2.05, 4.69) is 91.9 Å². The third kappa shape index (κ3) is 7.16. The first-order valence-corrected chi connectivity index (χ1v) is 19.5. The first-order valence-electron chi connectivity index (χ1n) is 15.4. The van der Waals surface area contributed by atoms with Crippen LogP contribution in [0, 0.1) is 6.92 Å². The highest BCUT2D eigenvalue weighted by molar-refractivity contribution is 7.30. The second kappa shape index (κ2) is 14.2. The van der Waals surface area contributed by atoms with Crippen molar-refractivity contribution in [3.63, 3.8) is 0 Å². The Kier molecular flexibility index (Phi) is 9.57. The Morgan fingerprint density at radius 1 is 0.479 bits per heavy atom. The van der Waals surface area contributed by atoms with Crippen molar-refractivity contribution >= 4 is 68.6 Å². The molecule has 48 heavy (non-hydrogen) atoms. The molecular weight excluding hydrogens is 693 g/mol. The van der Waals surface area contributed by atoms with E-state index >= 15 is 0 Å². The van der Waals surface area contributed by atoms with Gasteiger partial charge in [0.25, 0.3) is 0 Å². The number of hydrogen-bond acceptors (Lipinski definition) is 7. The van der Waals surface area contributed by atoms with Crippen LogP contribution in [0.15, 0.2) is 103 Å². The lowest BCUT2D eigenvalue weighted by molar-refractivity contribution is -0.138. The number of hydrogen-bond donors (Lipinski definition) is 2. The maximum Gasteiger partial charge on any atom is 0.303 e. The van der Waals surface area contributed by atoms with Gasteiger partial charge in [-0.15, -0.1) is 56.7 Å². The molecule has 0 spiro atoms. The number of carboxylic acids is 2. The molecule has 0 saturated heterocycles. The summed E-state index contributed by atoms with van der Waals surface area (Å²) in [4.78, 5) is 34.6. The van der Waals surface area contributed by atoms with E-state index in [0.717, 1.165) is 40.4 Å². The van der Waals surface area contributed by atoms with Crippen LogP contribution in [0.5, 0.6) is 0 Å². The molecule has 0 amide bonds. The van der Waals surface area contributed by atoms with E-state index in [1.807, 2.05) is 18.2 Å². The molecule has 7 rings (SSSR count). The fraction of sp³-hybridized carbons (Fsp3) is 0.128. The fourth-order valence-corrected chi connectivity index (χ4v) is 11.4. The Hall–Kier alpha value is -4.12. The van der Waals surface area contributed by atoms with E-state index in [1.165, 1.54) is 36.2 Å². The van der Waals surface area contributed by atoms with Crippen molar-refractivity contribution in [1.29, 1.82) is 0 Å². The average Bonchev–Trinajstić information content (AvgIpc) is 3.92. The number of carboxylic acid groups (broad SMARTS) is 2. The van der Waals surface area contributed by atoms with Gasteiger partial charge in [-0.3, -0.25) is 9.59 Å². The van der Waals surface area contributed by atoms with E-state index in [9.17, 15) is 19.8 Å². The zero-order valence-electron chi connectivity index (χ0n) is 25.9. The molecule has 0 fully saturated rings. The maximum absolute atomic E-state index is 11.6. The highest BCUT2D eigenvalue weighted by Crippen LogP contribution is 2.49. The summed E-state index contributed by atoms with van der Waals surface area (Å²) in [6.45, 7) is 2.09. The molecule has 0 saturated carbocycles. The summed E-state index contributed by atoms with van der Waals surface area (Å²) in [5.41, 5.74) is 5.69. The lowest BCUT2D eigenvalue weighted by Crippen LogP contribution is -1.97. The number of thiophene rings is 5. The third-order valence-corrected chi connectivity index (χ3v) is 14.4. The lowest BCUT2D eigenvalue weighted by Gasteiger charge is -2.01. The van der Waals surface area contributed by atoms with Crippen molar-refractivity contribution in [2.45, 2.75) is 32.6 Å². The van der Waals surface area contributed by atoms with Crippen LogP contribution in [-0.2, 0) is 22.4 Å². The van der Waals surface area contributed by atoms with Crippen LogP contribution in [0.2, 0.25) is 0 Å². The number of rotatable bonds is 12. The molecule has 2 aromatic carbocycles. The standard InChI is InChI=1S/C39H30O4S5/c1-23-7-9-25(10-8-23)29-14-16-31(45-29)35-22-27(12-20-37(42)43)39(48-35)33-18-17-32(46-33)38-26(11-19-36(40)41)21-34(47-38)30-15-13-28(44-30)24-5-3-2-4-6-24/h2-10,13-18,21-22H,11-12,19-20H2,1H3,(H,40,41)(H,42,43). The monoisotopic (exact) mass is 722 g/mol. The van der Waals surface area contributed by atoms with Crippen LogP contribution >= 0.6 is 56.7 Å². The van der Waals surface area contributed by atoms with Gasteiger partial charge in [0.2, 0.25) is 0 Å². The summed E-state index contributed by atoms with van der Waals surface area (Å²) < 4.78 is 0. The molecule has 5 heterocycles. The highest BCUT2D eigenvalue weighted by Gasteiger charge is 2.20. The minimum atomic E-state index is -0.809. The van der Waals surface area contributed by atoms with Gasteiger partial charge in [0, 0.05) is 61.6 Å². The van der Waals surface area contributed by atoms with E-state index in [4.69, 9.17) is 0 Å². The molecule has 0 bridgehead atoms. The van der Waals surface area contributed by atoms with Crippen LogP contribution in [0.4, 0.5) is 0 Å². The van der Waals surface area contributed by atoms with Crippen LogP contribution in [-0.4, -0.2) is 22.2 Å². The molecule has 0 aliphatic rings. The number of benzene rings is 2. The SMILES string of the molecule is Cc1ccc(-c2ccc(-c3cc(CCC(=O)O)c(-c4ccc(-c5sc(-c6ccc(-c7ccccc7)s6)cc5CCC(=O)O)s4)s3)s2)cc1. The summed E-state index contributed by atoms with van der Waals surface area (Å²) >= 11 is 8.61. The Morgan fingerprint density at radius 2 is 0.896 bits per heavy atom. The predicted molar refractivity (Wildman–Crippen MR) is 205 cm³/mol. The molecule has 2 N–H and O–H groups in total. The smallest absolute Gasteiger partial charge is 0.303 e. The number of aliphatic carboxylic acids is 2. The van der Waals surface area contributed by atoms with Gasteiger partial charge in [-0.2, -0.15) is 0 Å². The summed E-state index contributed by atoms with van der Waals surface area (Å²) in [6.07, 6.45) is 1.06. The van der Waals surface area contributed by atoms with Crippen LogP contribution in [0.25, 0.3) is 59.9 Å². The van der Waals surface area contributed by atoms with Crippen molar-refractivity contribution in [2.24, 2.45) is 0 Å². The fourth-order valence-electron chi connectivity index (χ4n) is 5.53. The average molecular weight is 723 g/mol. The van der Waals surface area contributed by atoms with Gasteiger partial charge in [0.1, 0.15) is 0 Å². The van der Waals surface area contributed by atoms with Crippen LogP contribution in [0.3, 0.4) is 0 Å². The predicted octanol–water partition coefficient (Wildman–Crippen LogP) is 12.3. The highest BCUT2D eigenvalue weighted by atomic mass is 32.1. The second-order valence-electron chi connectivity index (χ2n) is 11.4. The van der Waals surface area contributed by atoms with Gasteiger partial charge in [-0.1, -0.05) is 60.2 Å². The largest absolute Gasteiger partial charge is 0.481 e. The number of carbonyl (C=O) groups is 2. The minimum Gasteiger partial charge on any atom is -0.481 e. The molecule has 0 aliphatic heterocycles. The lowest BCUT2D eigenvalue weighted by atomic mass is 10.1. The van der Waals surface area contributed by atoms with Crippen LogP contribution < -0.4 is 0 Å². The molecule has 0 unspecified atom stereocenters. The number of aryl methyl sites for hydroxylation is 3. The Balaban J connectivity index is 1.22. The Bertz CT molecular complexity index is 2210. The van der Waals surface area contributed by atoms with E-state index in [1.54, 1.807) is 56.7 Å². The molecule has 7 aromatic rings. The van der Waals surface area contributed by atoms with Crippen LogP contribution in [0.1, 0.15) is 29.5 Å². The van der Waals surface area contributed by atoms with Crippen molar-refractivity contribution in [3.05, 3.63) is 120 Å². The summed E-state index contributed by atoms with van der Waals surface area (Å²) in [5, 5.41) is 19.0. The zero-order valence-corrected chi connectivity index (χ0v) is 30.0. The van der Waals surface area contributed by atoms with Gasteiger partial charge >= 0.3 is 11.9 Å². The van der Waals surface area contributed by atoms with Gasteiger partial charge in [-0.25, -0.2) is 0 Å². The van der Waals surface area contributed by atoms with Crippen molar-refractivity contribution < 1.29 is 19.8 Å². The molecule has 5 aromatic heterocycles. The summed E-state index contributed by atoms with van der Waals surface area (Å²) in [5.74, 6) is -1.62. The maximum atomic E-state index is 11.6. The molecular formula is C39H30O4S5. The van der Waals surface area contributed by atoms with Crippen molar-refractivity contribution in [2.75, 3.05) is 0 Å². The second-order valence-corrected chi connectivity index (χ2v) is 16.8. The minimum absolute atomic E-state index is 0.0693. The van der Waals surface area contributed by atoms with Gasteiger partial charge in [0.05, 0.1) is 0 Å². The molecule has 0 radical (unpaired) electrons. The molecule has 4 nitrogen and oxygen atoms in total. The molecule has 240 valence electrons. The molecule has 9 heteroatoms. The quantitative estimate of drug-likeness (QED) is 0.132. The van der Waals surface area contributed by atoms with Gasteiger partial charge < -0.3 is 10.2 Å². The molecule has 0 aliphatic carbocycles. The topological polar surface area (TPSA) is 74.6 Å².